The van der Waals surface area contributed by atoms with E-state index >= 15 is 0 Å². The molecule has 2 aromatic rings. The number of carbonyl (C=O) groups excluding carboxylic acids is 1. The fourth-order valence-corrected chi connectivity index (χ4v) is 4.21. The molecule has 0 aliphatic carbocycles. The monoisotopic (exact) mass is 326 g/mol. The van der Waals surface area contributed by atoms with Crippen LogP contribution in [0.2, 0.25) is 0 Å². The second-order valence-corrected chi connectivity index (χ2v) is 6.69. The SMILES string of the molecule is COc1cccc(CC(=O)N2C3CCC2CC(n2nccn2)C3)c1. The van der Waals surface area contributed by atoms with Crippen molar-refractivity contribution < 1.29 is 9.53 Å². The zero-order valence-corrected chi connectivity index (χ0v) is 13.8. The van der Waals surface area contributed by atoms with Crippen molar-refractivity contribution in [2.24, 2.45) is 0 Å². The van der Waals surface area contributed by atoms with Crippen LogP contribution in [0.25, 0.3) is 0 Å². The van der Waals surface area contributed by atoms with Crippen molar-refractivity contribution >= 4 is 5.91 Å². The molecule has 1 amide bonds. The third-order valence-corrected chi connectivity index (χ3v) is 5.25. The molecule has 0 N–H and O–H groups in total. The minimum atomic E-state index is 0.225. The Balaban J connectivity index is 1.46. The molecular formula is C18H22N4O2. The van der Waals surface area contributed by atoms with Gasteiger partial charge in [-0.2, -0.15) is 15.0 Å². The van der Waals surface area contributed by atoms with Crippen molar-refractivity contribution in [2.45, 2.75) is 50.2 Å². The molecule has 4 rings (SSSR count). The Kier molecular flexibility index (Phi) is 3.96. The number of hydrogen-bond donors (Lipinski definition) is 0. The van der Waals surface area contributed by atoms with Gasteiger partial charge >= 0.3 is 0 Å². The van der Waals surface area contributed by atoms with Crippen LogP contribution in [0.1, 0.15) is 37.3 Å². The first-order valence-electron chi connectivity index (χ1n) is 8.54. The van der Waals surface area contributed by atoms with Crippen LogP contribution in [0.4, 0.5) is 0 Å². The minimum absolute atomic E-state index is 0.225. The summed E-state index contributed by atoms with van der Waals surface area (Å²) in [5.41, 5.74) is 1.01. The summed E-state index contributed by atoms with van der Waals surface area (Å²) in [6, 6.07) is 8.73. The first-order chi connectivity index (χ1) is 11.7. The largest absolute Gasteiger partial charge is 0.497 e. The number of rotatable bonds is 4. The van der Waals surface area contributed by atoms with Gasteiger partial charge in [0.05, 0.1) is 32.0 Å². The Morgan fingerprint density at radius 1 is 1.17 bits per heavy atom. The molecule has 2 unspecified atom stereocenters. The van der Waals surface area contributed by atoms with Crippen LogP contribution in [0, 0.1) is 0 Å². The molecule has 0 radical (unpaired) electrons. The van der Waals surface area contributed by atoms with Gasteiger partial charge in [-0.25, -0.2) is 0 Å². The summed E-state index contributed by atoms with van der Waals surface area (Å²) in [4.78, 5) is 16.8. The van der Waals surface area contributed by atoms with Crippen LogP contribution >= 0.6 is 0 Å². The van der Waals surface area contributed by atoms with Gasteiger partial charge in [0.25, 0.3) is 0 Å². The lowest BCUT2D eigenvalue weighted by atomic mass is 9.97. The summed E-state index contributed by atoms with van der Waals surface area (Å²) in [5.74, 6) is 1.02. The lowest BCUT2D eigenvalue weighted by molar-refractivity contribution is -0.135. The number of carbonyl (C=O) groups is 1. The molecule has 3 heterocycles. The number of amides is 1. The summed E-state index contributed by atoms with van der Waals surface area (Å²) < 4.78 is 5.25. The summed E-state index contributed by atoms with van der Waals surface area (Å²) in [6.07, 6.45) is 7.97. The standard InChI is InChI=1S/C18H22N4O2/c1-24-17-4-2-3-13(9-17)10-18(23)21-14-5-6-15(21)12-16(11-14)22-19-7-8-20-22/h2-4,7-9,14-16H,5-6,10-12H2,1H3. The summed E-state index contributed by atoms with van der Waals surface area (Å²) in [6.45, 7) is 0. The van der Waals surface area contributed by atoms with E-state index < -0.39 is 0 Å². The zero-order valence-electron chi connectivity index (χ0n) is 13.8. The second kappa shape index (κ2) is 6.26. The van der Waals surface area contributed by atoms with Gasteiger partial charge in [0, 0.05) is 12.1 Å². The van der Waals surface area contributed by atoms with Crippen LogP contribution in [0.15, 0.2) is 36.7 Å². The highest BCUT2D eigenvalue weighted by Crippen LogP contribution is 2.40. The molecule has 2 saturated heterocycles. The number of piperidine rings is 1. The van der Waals surface area contributed by atoms with Crippen LogP contribution in [0.3, 0.4) is 0 Å². The van der Waals surface area contributed by atoms with E-state index in [1.807, 2.05) is 29.1 Å². The Morgan fingerprint density at radius 2 is 1.88 bits per heavy atom. The van der Waals surface area contributed by atoms with Crippen molar-refractivity contribution in [2.75, 3.05) is 7.11 Å². The highest BCUT2D eigenvalue weighted by atomic mass is 16.5. The average molecular weight is 326 g/mol. The van der Waals surface area contributed by atoms with Gasteiger partial charge in [-0.1, -0.05) is 12.1 Å². The van der Waals surface area contributed by atoms with Gasteiger partial charge in [-0.05, 0) is 43.4 Å². The van der Waals surface area contributed by atoms with Gasteiger partial charge in [0.2, 0.25) is 5.91 Å². The zero-order chi connectivity index (χ0) is 16.5. The van der Waals surface area contributed by atoms with E-state index in [0.717, 1.165) is 37.0 Å². The van der Waals surface area contributed by atoms with Gasteiger partial charge in [0.1, 0.15) is 5.75 Å². The number of fused-ring (bicyclic) bond motifs is 2. The maximum Gasteiger partial charge on any atom is 0.227 e. The lowest BCUT2D eigenvalue weighted by Crippen LogP contribution is -2.47. The topological polar surface area (TPSA) is 60.2 Å². The average Bonchev–Trinajstić information content (AvgIpc) is 3.22. The first kappa shape index (κ1) is 15.2. The third-order valence-electron chi connectivity index (χ3n) is 5.25. The van der Waals surface area contributed by atoms with Crippen molar-refractivity contribution in [1.29, 1.82) is 0 Å². The predicted octanol–water partition coefficient (Wildman–Crippen LogP) is 2.22. The number of nitrogens with zero attached hydrogens (tertiary/aromatic N) is 4. The summed E-state index contributed by atoms with van der Waals surface area (Å²) in [5, 5.41) is 8.56. The molecule has 6 nitrogen and oxygen atoms in total. The Labute approximate surface area is 141 Å². The van der Waals surface area contributed by atoms with E-state index in [1.54, 1.807) is 19.5 Å². The van der Waals surface area contributed by atoms with E-state index in [1.165, 1.54) is 0 Å². The fourth-order valence-electron chi connectivity index (χ4n) is 4.21. The van der Waals surface area contributed by atoms with E-state index in [0.29, 0.717) is 24.5 Å². The molecule has 0 saturated carbocycles. The number of methoxy groups -OCH3 is 1. The van der Waals surface area contributed by atoms with E-state index in [-0.39, 0.29) is 5.91 Å². The predicted molar refractivity (Wildman–Crippen MR) is 88.6 cm³/mol. The van der Waals surface area contributed by atoms with Gasteiger partial charge < -0.3 is 9.64 Å². The molecule has 126 valence electrons. The van der Waals surface area contributed by atoms with Crippen molar-refractivity contribution in [3.63, 3.8) is 0 Å². The fraction of sp³-hybridized carbons (Fsp3) is 0.500. The number of ether oxygens (including phenoxy) is 1. The Bertz CT molecular complexity index is 702. The summed E-state index contributed by atoms with van der Waals surface area (Å²) in [7, 11) is 1.65. The molecule has 0 spiro atoms. The maximum absolute atomic E-state index is 12.9. The molecule has 1 aromatic heterocycles. The normalized spacial score (nSPS) is 25.7. The van der Waals surface area contributed by atoms with Gasteiger partial charge in [0.15, 0.2) is 0 Å². The molecular weight excluding hydrogens is 304 g/mol. The molecule has 2 bridgehead atoms. The van der Waals surface area contributed by atoms with E-state index in [9.17, 15) is 4.79 Å². The van der Waals surface area contributed by atoms with Gasteiger partial charge in [-0.3, -0.25) is 4.79 Å². The number of hydrogen-bond acceptors (Lipinski definition) is 4. The Morgan fingerprint density at radius 3 is 2.54 bits per heavy atom. The second-order valence-electron chi connectivity index (χ2n) is 6.69. The molecule has 24 heavy (non-hydrogen) atoms. The van der Waals surface area contributed by atoms with Crippen LogP contribution < -0.4 is 4.74 Å². The minimum Gasteiger partial charge on any atom is -0.497 e. The maximum atomic E-state index is 12.9. The number of aromatic nitrogens is 3. The Hall–Kier alpha value is -2.37. The third kappa shape index (κ3) is 2.77. The van der Waals surface area contributed by atoms with E-state index in [4.69, 9.17) is 4.74 Å². The quantitative estimate of drug-likeness (QED) is 0.864. The number of benzene rings is 1. The molecule has 2 aliphatic rings. The molecule has 1 aromatic carbocycles. The summed E-state index contributed by atoms with van der Waals surface area (Å²) >= 11 is 0. The van der Waals surface area contributed by atoms with Crippen LogP contribution in [-0.4, -0.2) is 45.0 Å². The first-order valence-corrected chi connectivity index (χ1v) is 8.54. The van der Waals surface area contributed by atoms with Crippen LogP contribution in [-0.2, 0) is 11.2 Å². The van der Waals surface area contributed by atoms with E-state index in [2.05, 4.69) is 15.1 Å². The highest BCUT2D eigenvalue weighted by molar-refractivity contribution is 5.80. The highest BCUT2D eigenvalue weighted by Gasteiger charge is 2.43. The van der Waals surface area contributed by atoms with Gasteiger partial charge in [-0.15, -0.1) is 0 Å². The molecule has 2 atom stereocenters. The molecule has 2 fully saturated rings. The lowest BCUT2D eigenvalue weighted by Gasteiger charge is -2.38. The molecule has 6 heteroatoms. The van der Waals surface area contributed by atoms with Crippen molar-refractivity contribution in [1.82, 2.24) is 19.9 Å². The van der Waals surface area contributed by atoms with Crippen molar-refractivity contribution in [3.8, 4) is 5.75 Å². The smallest absolute Gasteiger partial charge is 0.227 e. The molecule has 2 aliphatic heterocycles. The van der Waals surface area contributed by atoms with Crippen LogP contribution in [0.5, 0.6) is 5.75 Å². The van der Waals surface area contributed by atoms with Crippen molar-refractivity contribution in [3.05, 3.63) is 42.2 Å².